The van der Waals surface area contributed by atoms with Crippen molar-refractivity contribution in [3.63, 3.8) is 0 Å². The molecular formula is C10H13N3O2. The summed E-state index contributed by atoms with van der Waals surface area (Å²) in [5.74, 6) is -0.111. The summed E-state index contributed by atoms with van der Waals surface area (Å²) in [4.78, 5) is 15.1. The number of rotatable bonds is 3. The van der Waals surface area contributed by atoms with E-state index in [4.69, 9.17) is 5.11 Å². The first-order chi connectivity index (χ1) is 7.24. The predicted molar refractivity (Wildman–Crippen MR) is 54.1 cm³/mol. The lowest BCUT2D eigenvalue weighted by Crippen LogP contribution is -2.06. The number of nitrogens with zero attached hydrogens (tertiary/aromatic N) is 3. The highest BCUT2D eigenvalue weighted by Gasteiger charge is 2.24. The predicted octanol–water partition coefficient (Wildman–Crippen LogP) is 1.32. The van der Waals surface area contributed by atoms with Crippen LogP contribution < -0.4 is 0 Å². The van der Waals surface area contributed by atoms with Gasteiger partial charge in [-0.15, -0.1) is 0 Å². The molecule has 0 fully saturated rings. The van der Waals surface area contributed by atoms with Gasteiger partial charge >= 0.3 is 5.97 Å². The Labute approximate surface area is 87.4 Å². The average Bonchev–Trinajstić information content (AvgIpc) is 2.85. The number of carboxylic acid groups (broad SMARTS) is 1. The van der Waals surface area contributed by atoms with Gasteiger partial charge in [-0.05, 0) is 26.2 Å². The van der Waals surface area contributed by atoms with Crippen LogP contribution in [0.5, 0.6) is 0 Å². The van der Waals surface area contributed by atoms with E-state index >= 15 is 0 Å². The molecule has 0 amide bonds. The van der Waals surface area contributed by atoms with Gasteiger partial charge in [0.05, 0.1) is 0 Å². The van der Waals surface area contributed by atoms with E-state index in [9.17, 15) is 4.79 Å². The minimum absolute atomic E-state index is 0.498. The van der Waals surface area contributed by atoms with Crippen LogP contribution in [0.3, 0.4) is 0 Å². The van der Waals surface area contributed by atoms with Crippen LogP contribution in [-0.2, 0) is 11.3 Å². The molecule has 1 aliphatic rings. The maximum Gasteiger partial charge on any atom is 0.331 e. The third kappa shape index (κ3) is 1.65. The second-order valence-electron chi connectivity index (χ2n) is 3.52. The van der Waals surface area contributed by atoms with E-state index in [1.807, 2.05) is 6.92 Å². The van der Waals surface area contributed by atoms with E-state index in [0.717, 1.165) is 18.4 Å². The fraction of sp³-hybridized carbons (Fsp3) is 0.500. The van der Waals surface area contributed by atoms with Crippen molar-refractivity contribution in [2.24, 2.45) is 0 Å². The number of aryl methyl sites for hydroxylation is 1. The fourth-order valence-corrected chi connectivity index (χ4v) is 1.96. The lowest BCUT2D eigenvalue weighted by molar-refractivity contribution is -0.132. The zero-order valence-corrected chi connectivity index (χ0v) is 8.60. The zero-order valence-electron chi connectivity index (χ0n) is 8.60. The SMILES string of the molecule is CCn1ncnc1C1=C(C(=O)O)CCC1. The molecule has 0 aromatic carbocycles. The van der Waals surface area contributed by atoms with Crippen molar-refractivity contribution in [2.75, 3.05) is 0 Å². The Morgan fingerprint density at radius 1 is 1.60 bits per heavy atom. The summed E-state index contributed by atoms with van der Waals surface area (Å²) in [5.41, 5.74) is 1.35. The van der Waals surface area contributed by atoms with Gasteiger partial charge in [0.15, 0.2) is 5.82 Å². The van der Waals surface area contributed by atoms with Crippen molar-refractivity contribution in [1.82, 2.24) is 14.8 Å². The number of allylic oxidation sites excluding steroid dienone is 1. The topological polar surface area (TPSA) is 68.0 Å². The Bertz CT molecular complexity index is 420. The molecule has 0 atom stereocenters. The van der Waals surface area contributed by atoms with Crippen LogP contribution in [0.25, 0.3) is 5.57 Å². The summed E-state index contributed by atoms with van der Waals surface area (Å²) < 4.78 is 1.74. The number of carbonyl (C=O) groups is 1. The molecule has 0 saturated carbocycles. The van der Waals surface area contributed by atoms with Crippen LogP contribution in [0.15, 0.2) is 11.9 Å². The normalized spacial score (nSPS) is 16.1. The van der Waals surface area contributed by atoms with E-state index in [1.165, 1.54) is 6.33 Å². The summed E-state index contributed by atoms with van der Waals surface area (Å²) in [6.07, 6.45) is 3.80. The van der Waals surface area contributed by atoms with Crippen molar-refractivity contribution in [1.29, 1.82) is 0 Å². The summed E-state index contributed by atoms with van der Waals surface area (Å²) in [6.45, 7) is 2.68. The van der Waals surface area contributed by atoms with Crippen LogP contribution in [-0.4, -0.2) is 25.8 Å². The molecule has 0 bridgehead atoms. The van der Waals surface area contributed by atoms with Gasteiger partial charge in [-0.3, -0.25) is 0 Å². The molecule has 0 radical (unpaired) electrons. The molecule has 2 rings (SSSR count). The van der Waals surface area contributed by atoms with E-state index in [2.05, 4.69) is 10.1 Å². The lowest BCUT2D eigenvalue weighted by atomic mass is 10.1. The minimum Gasteiger partial charge on any atom is -0.478 e. The van der Waals surface area contributed by atoms with Crippen molar-refractivity contribution < 1.29 is 9.90 Å². The van der Waals surface area contributed by atoms with E-state index in [0.29, 0.717) is 24.4 Å². The first-order valence-corrected chi connectivity index (χ1v) is 5.07. The smallest absolute Gasteiger partial charge is 0.331 e. The third-order valence-electron chi connectivity index (χ3n) is 2.66. The Kier molecular flexibility index (Phi) is 2.53. The quantitative estimate of drug-likeness (QED) is 0.811. The van der Waals surface area contributed by atoms with Gasteiger partial charge in [0.1, 0.15) is 6.33 Å². The van der Waals surface area contributed by atoms with Crippen LogP contribution in [0.2, 0.25) is 0 Å². The van der Waals surface area contributed by atoms with Gasteiger partial charge in [-0.2, -0.15) is 5.10 Å². The van der Waals surface area contributed by atoms with Crippen molar-refractivity contribution >= 4 is 11.5 Å². The second-order valence-corrected chi connectivity index (χ2v) is 3.52. The molecule has 80 valence electrons. The standard InChI is InChI=1S/C10H13N3O2/c1-2-13-9(11-6-12-13)7-4-3-5-8(7)10(14)15/h6H,2-5H2,1H3,(H,14,15). The minimum atomic E-state index is -0.826. The van der Waals surface area contributed by atoms with Gasteiger partial charge in [0, 0.05) is 17.7 Å². The summed E-state index contributed by atoms with van der Waals surface area (Å²) in [7, 11) is 0. The zero-order chi connectivity index (χ0) is 10.8. The molecular weight excluding hydrogens is 194 g/mol. The van der Waals surface area contributed by atoms with Gasteiger partial charge in [0.2, 0.25) is 0 Å². The van der Waals surface area contributed by atoms with Gasteiger partial charge in [0.25, 0.3) is 0 Å². The van der Waals surface area contributed by atoms with Crippen LogP contribution in [0.1, 0.15) is 32.0 Å². The molecule has 1 aromatic rings. The molecule has 0 saturated heterocycles. The van der Waals surface area contributed by atoms with Gasteiger partial charge < -0.3 is 5.11 Å². The maximum atomic E-state index is 11.0. The number of hydrogen-bond acceptors (Lipinski definition) is 3. The number of hydrogen-bond donors (Lipinski definition) is 1. The molecule has 5 nitrogen and oxygen atoms in total. The molecule has 0 aliphatic heterocycles. The molecule has 0 unspecified atom stereocenters. The highest BCUT2D eigenvalue weighted by Crippen LogP contribution is 2.32. The monoisotopic (exact) mass is 207 g/mol. The van der Waals surface area contributed by atoms with E-state index in [-0.39, 0.29) is 0 Å². The first kappa shape index (κ1) is 9.89. The number of aromatic nitrogens is 3. The summed E-state index contributed by atoms with van der Waals surface area (Å²) >= 11 is 0. The Hall–Kier alpha value is -1.65. The molecule has 5 heteroatoms. The molecule has 1 aromatic heterocycles. The summed E-state index contributed by atoms with van der Waals surface area (Å²) in [6, 6.07) is 0. The molecule has 0 spiro atoms. The highest BCUT2D eigenvalue weighted by molar-refractivity contribution is 5.96. The van der Waals surface area contributed by atoms with Crippen molar-refractivity contribution in [3.8, 4) is 0 Å². The molecule has 15 heavy (non-hydrogen) atoms. The third-order valence-corrected chi connectivity index (χ3v) is 2.66. The first-order valence-electron chi connectivity index (χ1n) is 5.07. The Morgan fingerprint density at radius 2 is 2.40 bits per heavy atom. The molecule has 1 heterocycles. The molecule has 1 aliphatic carbocycles. The van der Waals surface area contributed by atoms with Gasteiger partial charge in [-0.1, -0.05) is 0 Å². The Morgan fingerprint density at radius 3 is 3.07 bits per heavy atom. The maximum absolute atomic E-state index is 11.0. The van der Waals surface area contributed by atoms with E-state index in [1.54, 1.807) is 4.68 Å². The van der Waals surface area contributed by atoms with Crippen molar-refractivity contribution in [3.05, 3.63) is 17.7 Å². The van der Waals surface area contributed by atoms with Crippen LogP contribution in [0.4, 0.5) is 0 Å². The molecule has 1 N–H and O–H groups in total. The number of carboxylic acids is 1. The number of aliphatic carboxylic acids is 1. The van der Waals surface area contributed by atoms with Crippen LogP contribution >= 0.6 is 0 Å². The second kappa shape index (κ2) is 3.84. The highest BCUT2D eigenvalue weighted by atomic mass is 16.4. The van der Waals surface area contributed by atoms with Crippen molar-refractivity contribution in [2.45, 2.75) is 32.7 Å². The van der Waals surface area contributed by atoms with Gasteiger partial charge in [-0.25, -0.2) is 14.5 Å². The largest absolute Gasteiger partial charge is 0.478 e. The Balaban J connectivity index is 2.45. The lowest BCUT2D eigenvalue weighted by Gasteiger charge is -2.04. The van der Waals surface area contributed by atoms with E-state index < -0.39 is 5.97 Å². The summed E-state index contributed by atoms with van der Waals surface area (Å²) in [5, 5.41) is 13.1. The average molecular weight is 207 g/mol. The van der Waals surface area contributed by atoms with Crippen LogP contribution in [0, 0.1) is 0 Å². The fourth-order valence-electron chi connectivity index (χ4n) is 1.96.